The lowest BCUT2D eigenvalue weighted by molar-refractivity contribution is 0.330. The Morgan fingerprint density at radius 2 is 2.17 bits per heavy atom. The van der Waals surface area contributed by atoms with Gasteiger partial charge in [-0.15, -0.1) is 0 Å². The van der Waals surface area contributed by atoms with Gasteiger partial charge in [0.2, 0.25) is 0 Å². The molecular weight excluding hydrogens is 176 g/mol. The summed E-state index contributed by atoms with van der Waals surface area (Å²) in [5, 5.41) is 0. The number of para-hydroxylation sites is 1. The fourth-order valence-electron chi connectivity index (χ4n) is 0.863. The predicted octanol–water partition coefficient (Wildman–Crippen LogP) is 1.32. The molecule has 1 atom stereocenters. The van der Waals surface area contributed by atoms with Gasteiger partial charge in [-0.05, 0) is 30.1 Å². The maximum atomic E-state index is 10.6. The molecule has 1 aromatic carbocycles. The molecule has 0 aromatic heterocycles. The van der Waals surface area contributed by atoms with Crippen LogP contribution in [0, 0.1) is 0 Å². The largest absolute Gasteiger partial charge is 0.768 e. The summed E-state index contributed by atoms with van der Waals surface area (Å²) in [6.07, 6.45) is 0. The Bertz CT molecular complexity index is 285. The Morgan fingerprint density at radius 3 is 2.75 bits per heavy atom. The molecule has 0 radical (unpaired) electrons. The van der Waals surface area contributed by atoms with Crippen LogP contribution < -0.4 is 4.74 Å². The molecule has 0 saturated heterocycles. The van der Waals surface area contributed by atoms with E-state index in [-0.39, 0.29) is 4.90 Å². The summed E-state index contributed by atoms with van der Waals surface area (Å²) in [4.78, 5) is 0.208. The van der Waals surface area contributed by atoms with Gasteiger partial charge in [-0.1, -0.05) is 12.1 Å². The predicted molar refractivity (Wildman–Crippen MR) is 44.8 cm³/mol. The van der Waals surface area contributed by atoms with Crippen molar-refractivity contribution in [2.75, 3.05) is 6.61 Å². The van der Waals surface area contributed by atoms with Crippen molar-refractivity contribution in [2.24, 2.45) is 0 Å². The molecule has 0 aliphatic carbocycles. The zero-order valence-electron chi connectivity index (χ0n) is 6.65. The summed E-state index contributed by atoms with van der Waals surface area (Å²) in [6.45, 7) is 2.28. The van der Waals surface area contributed by atoms with Gasteiger partial charge in [0, 0.05) is 0 Å². The van der Waals surface area contributed by atoms with E-state index in [2.05, 4.69) is 0 Å². The molecule has 0 aliphatic heterocycles. The zero-order valence-corrected chi connectivity index (χ0v) is 7.47. The van der Waals surface area contributed by atoms with Crippen LogP contribution in [0.15, 0.2) is 29.2 Å². The molecule has 3 nitrogen and oxygen atoms in total. The van der Waals surface area contributed by atoms with Crippen LogP contribution in [0.5, 0.6) is 5.75 Å². The zero-order chi connectivity index (χ0) is 8.97. The van der Waals surface area contributed by atoms with Crippen LogP contribution in [0.1, 0.15) is 6.92 Å². The number of hydrogen-bond acceptors (Lipinski definition) is 3. The van der Waals surface area contributed by atoms with Gasteiger partial charge in [-0.25, -0.2) is 0 Å². The van der Waals surface area contributed by atoms with Crippen LogP contribution in [0.4, 0.5) is 0 Å². The average Bonchev–Trinajstić information content (AvgIpc) is 2.05. The minimum absolute atomic E-state index is 0.208. The molecule has 0 amide bonds. The second kappa shape index (κ2) is 4.23. The molecule has 4 heteroatoms. The lowest BCUT2D eigenvalue weighted by Gasteiger charge is -2.10. The molecule has 0 saturated carbocycles. The van der Waals surface area contributed by atoms with Crippen molar-refractivity contribution in [1.29, 1.82) is 0 Å². The van der Waals surface area contributed by atoms with Gasteiger partial charge in [-0.2, -0.15) is 0 Å². The number of hydrogen-bond donors (Lipinski definition) is 0. The lowest BCUT2D eigenvalue weighted by Crippen LogP contribution is -1.97. The number of ether oxygens (including phenoxy) is 1. The highest BCUT2D eigenvalue weighted by Crippen LogP contribution is 2.20. The molecule has 0 aliphatic rings. The van der Waals surface area contributed by atoms with E-state index in [1.54, 1.807) is 18.2 Å². The van der Waals surface area contributed by atoms with Gasteiger partial charge in [-0.3, -0.25) is 4.21 Å². The molecule has 0 fully saturated rings. The molecule has 0 bridgehead atoms. The average molecular weight is 185 g/mol. The molecule has 0 N–H and O–H groups in total. The molecule has 0 heterocycles. The van der Waals surface area contributed by atoms with E-state index < -0.39 is 11.1 Å². The van der Waals surface area contributed by atoms with Gasteiger partial charge in [0.1, 0.15) is 5.75 Å². The topological polar surface area (TPSA) is 49.4 Å². The van der Waals surface area contributed by atoms with Crippen molar-refractivity contribution in [3.8, 4) is 5.75 Å². The first-order valence-electron chi connectivity index (χ1n) is 3.56. The Labute approximate surface area is 73.7 Å². The molecule has 1 unspecified atom stereocenters. The SMILES string of the molecule is CCOc1ccccc1S(=O)[O-]. The Balaban J connectivity index is 3.00. The van der Waals surface area contributed by atoms with Crippen molar-refractivity contribution in [1.82, 2.24) is 0 Å². The molecule has 66 valence electrons. The fraction of sp³-hybridized carbons (Fsp3) is 0.250. The summed E-state index contributed by atoms with van der Waals surface area (Å²) < 4.78 is 26.3. The van der Waals surface area contributed by atoms with E-state index >= 15 is 0 Å². The first-order valence-corrected chi connectivity index (χ1v) is 4.64. The van der Waals surface area contributed by atoms with Crippen LogP contribution in [0.2, 0.25) is 0 Å². The first kappa shape index (κ1) is 9.22. The van der Waals surface area contributed by atoms with Gasteiger partial charge in [0.05, 0.1) is 11.5 Å². The van der Waals surface area contributed by atoms with Gasteiger partial charge in [0.25, 0.3) is 0 Å². The molecule has 1 rings (SSSR count). The normalized spacial score (nSPS) is 12.5. The summed E-state index contributed by atoms with van der Waals surface area (Å²) in [6, 6.07) is 6.54. The minimum Gasteiger partial charge on any atom is -0.768 e. The fourth-order valence-corrected chi connectivity index (χ4v) is 1.34. The van der Waals surface area contributed by atoms with Crippen LogP contribution in [-0.2, 0) is 11.1 Å². The van der Waals surface area contributed by atoms with E-state index in [0.717, 1.165) is 0 Å². The van der Waals surface area contributed by atoms with Crippen molar-refractivity contribution >= 4 is 11.1 Å². The van der Waals surface area contributed by atoms with E-state index in [4.69, 9.17) is 4.74 Å². The highest BCUT2D eigenvalue weighted by molar-refractivity contribution is 7.79. The standard InChI is InChI=1S/C8H10O3S/c1-2-11-7-5-3-4-6-8(7)12(9)10/h3-6H,2H2,1H3,(H,9,10)/p-1. The lowest BCUT2D eigenvalue weighted by atomic mass is 10.3. The molecule has 0 spiro atoms. The molecule has 12 heavy (non-hydrogen) atoms. The minimum atomic E-state index is -2.22. The first-order chi connectivity index (χ1) is 5.75. The quantitative estimate of drug-likeness (QED) is 0.667. The maximum absolute atomic E-state index is 10.6. The molecule has 1 aromatic rings. The van der Waals surface area contributed by atoms with E-state index in [9.17, 15) is 8.76 Å². The second-order valence-electron chi connectivity index (χ2n) is 2.11. The molecular formula is C8H9O3S-. The smallest absolute Gasteiger partial charge is 0.134 e. The Kier molecular flexibility index (Phi) is 3.25. The summed E-state index contributed by atoms with van der Waals surface area (Å²) in [5.41, 5.74) is 0. The van der Waals surface area contributed by atoms with E-state index in [1.807, 2.05) is 6.92 Å². The van der Waals surface area contributed by atoms with E-state index in [0.29, 0.717) is 12.4 Å². The van der Waals surface area contributed by atoms with Crippen LogP contribution in [0.25, 0.3) is 0 Å². The number of rotatable bonds is 3. The Morgan fingerprint density at radius 1 is 1.50 bits per heavy atom. The highest BCUT2D eigenvalue weighted by Gasteiger charge is 2.00. The van der Waals surface area contributed by atoms with Crippen molar-refractivity contribution in [3.63, 3.8) is 0 Å². The van der Waals surface area contributed by atoms with Gasteiger partial charge in [0.15, 0.2) is 0 Å². The van der Waals surface area contributed by atoms with Gasteiger partial charge >= 0.3 is 0 Å². The van der Waals surface area contributed by atoms with Crippen molar-refractivity contribution < 1.29 is 13.5 Å². The summed E-state index contributed by atoms with van der Waals surface area (Å²) >= 11 is -2.22. The number of benzene rings is 1. The van der Waals surface area contributed by atoms with E-state index in [1.165, 1.54) is 6.07 Å². The second-order valence-corrected chi connectivity index (χ2v) is 3.02. The van der Waals surface area contributed by atoms with Crippen molar-refractivity contribution in [2.45, 2.75) is 11.8 Å². The van der Waals surface area contributed by atoms with Crippen LogP contribution >= 0.6 is 0 Å². The van der Waals surface area contributed by atoms with Crippen molar-refractivity contribution in [3.05, 3.63) is 24.3 Å². The Hall–Kier alpha value is -0.870. The van der Waals surface area contributed by atoms with Crippen LogP contribution in [-0.4, -0.2) is 15.4 Å². The third-order valence-electron chi connectivity index (χ3n) is 1.33. The summed E-state index contributed by atoms with van der Waals surface area (Å²) in [7, 11) is 0. The third-order valence-corrected chi connectivity index (χ3v) is 2.02. The van der Waals surface area contributed by atoms with Crippen LogP contribution in [0.3, 0.4) is 0 Å². The monoisotopic (exact) mass is 185 g/mol. The van der Waals surface area contributed by atoms with Gasteiger partial charge < -0.3 is 9.29 Å². The third kappa shape index (κ3) is 2.06. The maximum Gasteiger partial charge on any atom is 0.134 e. The highest BCUT2D eigenvalue weighted by atomic mass is 32.2. The summed E-state index contributed by atoms with van der Waals surface area (Å²) in [5.74, 6) is 0.410.